The molecular formula is C24H22ClNOS. The van der Waals surface area contributed by atoms with Gasteiger partial charge in [0.05, 0.1) is 0 Å². The van der Waals surface area contributed by atoms with E-state index in [-0.39, 0.29) is 0 Å². The minimum atomic E-state index is -0.538. The van der Waals surface area contributed by atoms with E-state index in [1.165, 1.54) is 11.1 Å². The number of benzene rings is 3. The molecule has 0 spiro atoms. The molecule has 4 heteroatoms. The van der Waals surface area contributed by atoms with Gasteiger partial charge in [0, 0.05) is 34.2 Å². The second-order valence-electron chi connectivity index (χ2n) is 6.99. The van der Waals surface area contributed by atoms with Crippen LogP contribution in [0.4, 0.5) is 0 Å². The highest BCUT2D eigenvalue weighted by molar-refractivity contribution is 7.19. The molecule has 2 nitrogen and oxygen atoms in total. The SMILES string of the molecule is O[C@@H](CN(Cc1ccccc1)Cc1ccccc1)c1cc2cc(Cl)ccc2s1. The summed E-state index contributed by atoms with van der Waals surface area (Å²) in [7, 11) is 0. The molecule has 1 heterocycles. The van der Waals surface area contributed by atoms with Crippen LogP contribution in [0, 0.1) is 0 Å². The van der Waals surface area contributed by atoms with Gasteiger partial charge < -0.3 is 5.11 Å². The summed E-state index contributed by atoms with van der Waals surface area (Å²) < 4.78 is 1.15. The van der Waals surface area contributed by atoms with Crippen LogP contribution in [0.25, 0.3) is 10.1 Å². The van der Waals surface area contributed by atoms with Gasteiger partial charge in [-0.1, -0.05) is 72.3 Å². The van der Waals surface area contributed by atoms with Gasteiger partial charge in [-0.15, -0.1) is 11.3 Å². The first-order valence-electron chi connectivity index (χ1n) is 9.34. The maximum absolute atomic E-state index is 11.0. The third kappa shape index (κ3) is 4.81. The largest absolute Gasteiger partial charge is 0.386 e. The van der Waals surface area contributed by atoms with Crippen molar-refractivity contribution in [2.24, 2.45) is 0 Å². The molecule has 4 aromatic rings. The van der Waals surface area contributed by atoms with E-state index in [1.54, 1.807) is 11.3 Å². The van der Waals surface area contributed by atoms with E-state index in [1.807, 2.05) is 30.3 Å². The minimum Gasteiger partial charge on any atom is -0.386 e. The molecular weight excluding hydrogens is 386 g/mol. The fourth-order valence-corrected chi connectivity index (χ4v) is 4.60. The Kier molecular flexibility index (Phi) is 6.08. The normalized spacial score (nSPS) is 12.5. The number of rotatable bonds is 7. The smallest absolute Gasteiger partial charge is 0.101 e. The Bertz CT molecular complexity index is 991. The minimum absolute atomic E-state index is 0.538. The highest BCUT2D eigenvalue weighted by Gasteiger charge is 2.17. The van der Waals surface area contributed by atoms with Crippen LogP contribution in [-0.2, 0) is 13.1 Å². The first kappa shape index (κ1) is 19.2. The predicted octanol–water partition coefficient (Wildman–Crippen LogP) is 6.29. The van der Waals surface area contributed by atoms with Crippen molar-refractivity contribution in [1.82, 2.24) is 4.90 Å². The maximum Gasteiger partial charge on any atom is 0.101 e. The number of aliphatic hydroxyl groups excluding tert-OH is 1. The summed E-state index contributed by atoms with van der Waals surface area (Å²) in [5.41, 5.74) is 2.49. The molecule has 4 rings (SSSR count). The van der Waals surface area contributed by atoms with E-state index in [2.05, 4.69) is 59.5 Å². The standard InChI is InChI=1S/C24H22ClNOS/c25-21-11-12-23-20(13-21)14-24(28-23)22(27)17-26(15-18-7-3-1-4-8-18)16-19-9-5-2-6-10-19/h1-14,22,27H,15-17H2/t22-/m0/s1. The molecule has 0 unspecified atom stereocenters. The van der Waals surface area contributed by atoms with Gasteiger partial charge in [0.2, 0.25) is 0 Å². The third-order valence-corrected chi connectivity index (χ3v) is 6.21. The van der Waals surface area contributed by atoms with Gasteiger partial charge in [0.25, 0.3) is 0 Å². The van der Waals surface area contributed by atoms with Gasteiger partial charge in [0.1, 0.15) is 6.10 Å². The molecule has 0 radical (unpaired) electrons. The molecule has 28 heavy (non-hydrogen) atoms. The van der Waals surface area contributed by atoms with E-state index in [4.69, 9.17) is 11.6 Å². The van der Waals surface area contributed by atoms with Gasteiger partial charge in [-0.25, -0.2) is 0 Å². The van der Waals surface area contributed by atoms with Crippen molar-refractivity contribution < 1.29 is 5.11 Å². The van der Waals surface area contributed by atoms with E-state index >= 15 is 0 Å². The lowest BCUT2D eigenvalue weighted by Crippen LogP contribution is -2.27. The topological polar surface area (TPSA) is 23.5 Å². The predicted molar refractivity (Wildman–Crippen MR) is 119 cm³/mol. The van der Waals surface area contributed by atoms with Crippen LogP contribution >= 0.6 is 22.9 Å². The Balaban J connectivity index is 1.54. The Labute approximate surface area is 174 Å². The summed E-state index contributed by atoms with van der Waals surface area (Å²) in [6.07, 6.45) is -0.538. The fourth-order valence-electron chi connectivity index (χ4n) is 3.40. The molecule has 0 aliphatic rings. The Morgan fingerprint density at radius 3 is 2.04 bits per heavy atom. The number of aliphatic hydroxyl groups is 1. The summed E-state index contributed by atoms with van der Waals surface area (Å²) >= 11 is 7.74. The second kappa shape index (κ2) is 8.89. The maximum atomic E-state index is 11.0. The van der Waals surface area contributed by atoms with E-state index in [9.17, 15) is 5.11 Å². The second-order valence-corrected chi connectivity index (χ2v) is 8.54. The molecule has 142 valence electrons. The summed E-state index contributed by atoms with van der Waals surface area (Å²) in [6, 6.07) is 28.7. The van der Waals surface area contributed by atoms with E-state index in [0.29, 0.717) is 6.54 Å². The fraction of sp³-hybridized carbons (Fsp3) is 0.167. The molecule has 0 amide bonds. The van der Waals surface area contributed by atoms with Gasteiger partial charge in [0.15, 0.2) is 0 Å². The summed E-state index contributed by atoms with van der Waals surface area (Å²) in [5, 5.41) is 12.8. The zero-order valence-corrected chi connectivity index (χ0v) is 17.0. The third-order valence-electron chi connectivity index (χ3n) is 4.75. The number of fused-ring (bicyclic) bond motifs is 1. The summed E-state index contributed by atoms with van der Waals surface area (Å²) in [4.78, 5) is 3.27. The Hall–Kier alpha value is -2.17. The lowest BCUT2D eigenvalue weighted by molar-refractivity contribution is 0.107. The molecule has 0 bridgehead atoms. The average molecular weight is 408 g/mol. The number of thiophene rings is 1. The number of nitrogens with zero attached hydrogens (tertiary/aromatic N) is 1. The van der Waals surface area contributed by atoms with Crippen molar-refractivity contribution in [2.45, 2.75) is 19.2 Å². The van der Waals surface area contributed by atoms with Crippen LogP contribution in [0.3, 0.4) is 0 Å². The average Bonchev–Trinajstić information content (AvgIpc) is 3.13. The summed E-state index contributed by atoms with van der Waals surface area (Å²) in [5.74, 6) is 0. The molecule has 0 saturated heterocycles. The molecule has 1 aromatic heterocycles. The first-order chi connectivity index (χ1) is 13.7. The number of halogens is 1. The van der Waals surface area contributed by atoms with Crippen LogP contribution < -0.4 is 0 Å². The highest BCUT2D eigenvalue weighted by atomic mass is 35.5. The van der Waals surface area contributed by atoms with Crippen molar-refractivity contribution in [3.8, 4) is 0 Å². The number of hydrogen-bond donors (Lipinski definition) is 1. The van der Waals surface area contributed by atoms with Crippen LogP contribution in [0.1, 0.15) is 22.1 Å². The van der Waals surface area contributed by atoms with Crippen LogP contribution in [0.15, 0.2) is 84.9 Å². The number of hydrogen-bond acceptors (Lipinski definition) is 3. The van der Waals surface area contributed by atoms with E-state index in [0.717, 1.165) is 33.1 Å². The van der Waals surface area contributed by atoms with Gasteiger partial charge >= 0.3 is 0 Å². The monoisotopic (exact) mass is 407 g/mol. The van der Waals surface area contributed by atoms with Gasteiger partial charge in [-0.3, -0.25) is 4.90 Å². The molecule has 3 aromatic carbocycles. The lowest BCUT2D eigenvalue weighted by Gasteiger charge is -2.25. The summed E-state index contributed by atoms with van der Waals surface area (Å²) in [6.45, 7) is 2.16. The molecule has 1 atom stereocenters. The lowest BCUT2D eigenvalue weighted by atomic mass is 10.1. The van der Waals surface area contributed by atoms with Crippen molar-refractivity contribution >= 4 is 33.0 Å². The van der Waals surface area contributed by atoms with Gasteiger partial charge in [-0.05, 0) is 40.8 Å². The van der Waals surface area contributed by atoms with Crippen molar-refractivity contribution in [3.05, 3.63) is 106 Å². The molecule has 0 saturated carbocycles. The van der Waals surface area contributed by atoms with Crippen LogP contribution in [0.2, 0.25) is 5.02 Å². The van der Waals surface area contributed by atoms with E-state index < -0.39 is 6.10 Å². The molecule has 0 fully saturated rings. The quantitative estimate of drug-likeness (QED) is 0.389. The first-order valence-corrected chi connectivity index (χ1v) is 10.5. The molecule has 1 N–H and O–H groups in total. The van der Waals surface area contributed by atoms with Crippen LogP contribution in [-0.4, -0.2) is 16.6 Å². The van der Waals surface area contributed by atoms with Gasteiger partial charge in [-0.2, -0.15) is 0 Å². The molecule has 0 aliphatic carbocycles. The van der Waals surface area contributed by atoms with Crippen LogP contribution in [0.5, 0.6) is 0 Å². The highest BCUT2D eigenvalue weighted by Crippen LogP contribution is 2.32. The van der Waals surface area contributed by atoms with Crippen molar-refractivity contribution in [3.63, 3.8) is 0 Å². The zero-order chi connectivity index (χ0) is 19.3. The molecule has 0 aliphatic heterocycles. The Morgan fingerprint density at radius 2 is 1.43 bits per heavy atom. The zero-order valence-electron chi connectivity index (χ0n) is 15.5. The Morgan fingerprint density at radius 1 is 0.821 bits per heavy atom. The van der Waals surface area contributed by atoms with Crippen molar-refractivity contribution in [2.75, 3.05) is 6.54 Å². The van der Waals surface area contributed by atoms with Crippen molar-refractivity contribution in [1.29, 1.82) is 0 Å².